The van der Waals surface area contributed by atoms with E-state index in [0.717, 1.165) is 33.6 Å². The molecule has 0 amide bonds. The molecule has 0 radical (unpaired) electrons. The number of halogens is 1. The number of methoxy groups -OCH3 is 1. The van der Waals surface area contributed by atoms with Gasteiger partial charge in [0.25, 0.3) is 0 Å². The molecule has 0 aliphatic carbocycles. The van der Waals surface area contributed by atoms with Crippen molar-refractivity contribution in [1.82, 2.24) is 5.32 Å². The molecule has 1 heterocycles. The van der Waals surface area contributed by atoms with Crippen LogP contribution in [0.3, 0.4) is 0 Å². The topological polar surface area (TPSA) is 49.0 Å². The molecule has 5 nitrogen and oxygen atoms in total. The third-order valence-corrected chi connectivity index (χ3v) is 4.69. The van der Waals surface area contributed by atoms with Gasteiger partial charge in [-0.1, -0.05) is 6.07 Å². The Bertz CT molecular complexity index is 801. The molecule has 6 heteroatoms. The molecule has 0 fully saturated rings. The van der Waals surface area contributed by atoms with E-state index < -0.39 is 0 Å². The van der Waals surface area contributed by atoms with E-state index in [1.165, 1.54) is 0 Å². The van der Waals surface area contributed by atoms with E-state index in [2.05, 4.69) is 48.1 Å². The molecular weight excluding hydrogens is 410 g/mol. The maximum absolute atomic E-state index is 6.05. The van der Waals surface area contributed by atoms with Gasteiger partial charge in [-0.2, -0.15) is 0 Å². The fourth-order valence-corrected chi connectivity index (χ4v) is 3.32. The van der Waals surface area contributed by atoms with E-state index in [1.54, 1.807) is 7.11 Å². The highest BCUT2D eigenvalue weighted by Gasteiger charge is 2.16. The second-order valence-electron chi connectivity index (χ2n) is 7.48. The smallest absolute Gasteiger partial charge is 0.175 e. The van der Waals surface area contributed by atoms with Crippen LogP contribution < -0.4 is 24.3 Å². The number of hydrogen-bond donors (Lipinski definition) is 1. The fourth-order valence-electron chi connectivity index (χ4n) is 2.72. The summed E-state index contributed by atoms with van der Waals surface area (Å²) in [5.41, 5.74) is 2.18. The first-order chi connectivity index (χ1) is 12.9. The Kier molecular flexibility index (Phi) is 6.17. The molecule has 146 valence electrons. The Morgan fingerprint density at radius 2 is 1.78 bits per heavy atom. The summed E-state index contributed by atoms with van der Waals surface area (Å²) in [5.74, 6) is 2.93. The largest absolute Gasteiger partial charge is 0.493 e. The normalized spacial score (nSPS) is 13.4. The Morgan fingerprint density at radius 1 is 1.04 bits per heavy atom. The zero-order valence-electron chi connectivity index (χ0n) is 16.2. The molecule has 1 N–H and O–H groups in total. The van der Waals surface area contributed by atoms with E-state index in [1.807, 2.05) is 24.3 Å². The summed E-state index contributed by atoms with van der Waals surface area (Å²) in [6.07, 6.45) is 0. The van der Waals surface area contributed by atoms with Crippen LogP contribution in [0.25, 0.3) is 0 Å². The van der Waals surface area contributed by atoms with Gasteiger partial charge in [-0.15, -0.1) is 0 Å². The molecule has 0 saturated heterocycles. The van der Waals surface area contributed by atoms with E-state index in [-0.39, 0.29) is 5.54 Å². The molecule has 0 aromatic heterocycles. The first kappa shape index (κ1) is 19.8. The quantitative estimate of drug-likeness (QED) is 0.712. The van der Waals surface area contributed by atoms with Gasteiger partial charge in [0.1, 0.15) is 19.8 Å². The second kappa shape index (κ2) is 8.40. The minimum Gasteiger partial charge on any atom is -0.493 e. The molecular formula is C21H26BrNO4. The minimum atomic E-state index is 0.0487. The van der Waals surface area contributed by atoms with E-state index >= 15 is 0 Å². The van der Waals surface area contributed by atoms with Crippen LogP contribution in [0.2, 0.25) is 0 Å². The average Bonchev–Trinajstić information content (AvgIpc) is 2.64. The molecule has 3 rings (SSSR count). The van der Waals surface area contributed by atoms with Crippen molar-refractivity contribution in [2.75, 3.05) is 20.3 Å². The van der Waals surface area contributed by atoms with E-state index in [0.29, 0.717) is 31.3 Å². The predicted octanol–water partition coefficient (Wildman–Crippen LogP) is 4.70. The van der Waals surface area contributed by atoms with Gasteiger partial charge in [-0.05, 0) is 72.1 Å². The van der Waals surface area contributed by atoms with Gasteiger partial charge in [0.05, 0.1) is 11.6 Å². The van der Waals surface area contributed by atoms with Crippen LogP contribution >= 0.6 is 15.9 Å². The van der Waals surface area contributed by atoms with Gasteiger partial charge < -0.3 is 24.3 Å². The summed E-state index contributed by atoms with van der Waals surface area (Å²) < 4.78 is 23.7. The van der Waals surface area contributed by atoms with Crippen molar-refractivity contribution < 1.29 is 18.9 Å². The maximum Gasteiger partial charge on any atom is 0.175 e. The van der Waals surface area contributed by atoms with Crippen LogP contribution in [0.15, 0.2) is 34.8 Å². The fraction of sp³-hybridized carbons (Fsp3) is 0.429. The Morgan fingerprint density at radius 3 is 2.48 bits per heavy atom. The Labute approximate surface area is 169 Å². The van der Waals surface area contributed by atoms with Crippen molar-refractivity contribution in [3.05, 3.63) is 45.9 Å². The van der Waals surface area contributed by atoms with Crippen LogP contribution in [0, 0.1) is 0 Å². The zero-order chi connectivity index (χ0) is 19.4. The van der Waals surface area contributed by atoms with Crippen LogP contribution in [-0.4, -0.2) is 25.9 Å². The lowest BCUT2D eigenvalue weighted by molar-refractivity contribution is 0.171. The number of nitrogens with one attached hydrogen (secondary N) is 1. The Hall–Kier alpha value is -1.92. The van der Waals surface area contributed by atoms with Gasteiger partial charge >= 0.3 is 0 Å². The molecule has 0 saturated carbocycles. The third-order valence-electron chi connectivity index (χ3n) is 4.10. The van der Waals surface area contributed by atoms with Crippen LogP contribution in [0.1, 0.15) is 31.9 Å². The van der Waals surface area contributed by atoms with Gasteiger partial charge in [-0.3, -0.25) is 0 Å². The third kappa shape index (κ3) is 5.30. The number of hydrogen-bond acceptors (Lipinski definition) is 5. The highest BCUT2D eigenvalue weighted by Crippen LogP contribution is 2.38. The molecule has 0 bridgehead atoms. The number of fused-ring (bicyclic) bond motifs is 1. The van der Waals surface area contributed by atoms with Crippen molar-refractivity contribution >= 4 is 15.9 Å². The lowest BCUT2D eigenvalue weighted by Gasteiger charge is -2.21. The average molecular weight is 436 g/mol. The van der Waals surface area contributed by atoms with Crippen molar-refractivity contribution in [1.29, 1.82) is 0 Å². The molecule has 0 spiro atoms. The molecule has 0 unspecified atom stereocenters. The van der Waals surface area contributed by atoms with Crippen molar-refractivity contribution in [2.24, 2.45) is 0 Å². The van der Waals surface area contributed by atoms with Crippen LogP contribution in [-0.2, 0) is 13.2 Å². The summed E-state index contributed by atoms with van der Waals surface area (Å²) in [5, 5.41) is 3.48. The summed E-state index contributed by atoms with van der Waals surface area (Å²) in [6, 6.07) is 9.91. The SMILES string of the molecule is COc1cc(CNC(C)(C)C)cc(Br)c1OCc1ccc2c(c1)OCCO2. The number of rotatable bonds is 6. The lowest BCUT2D eigenvalue weighted by Crippen LogP contribution is -2.35. The summed E-state index contributed by atoms with van der Waals surface area (Å²) in [6.45, 7) is 8.74. The molecule has 2 aromatic carbocycles. The first-order valence-electron chi connectivity index (χ1n) is 8.98. The molecule has 1 aliphatic rings. The van der Waals surface area contributed by atoms with Crippen LogP contribution in [0.4, 0.5) is 0 Å². The monoisotopic (exact) mass is 435 g/mol. The minimum absolute atomic E-state index is 0.0487. The van der Waals surface area contributed by atoms with Crippen molar-refractivity contribution in [3.8, 4) is 23.0 Å². The molecule has 1 aliphatic heterocycles. The van der Waals surface area contributed by atoms with Crippen molar-refractivity contribution in [2.45, 2.75) is 39.5 Å². The highest BCUT2D eigenvalue weighted by atomic mass is 79.9. The van der Waals surface area contributed by atoms with E-state index in [4.69, 9.17) is 18.9 Å². The standard InChI is InChI=1S/C21H26BrNO4/c1-21(2,3)23-12-15-9-16(22)20(19(11-15)24-4)27-13-14-5-6-17-18(10-14)26-8-7-25-17/h5-6,9-11,23H,7-8,12-13H2,1-4H3. The first-order valence-corrected chi connectivity index (χ1v) is 9.78. The highest BCUT2D eigenvalue weighted by molar-refractivity contribution is 9.10. The van der Waals surface area contributed by atoms with Gasteiger partial charge in [0.15, 0.2) is 23.0 Å². The van der Waals surface area contributed by atoms with Gasteiger partial charge in [-0.25, -0.2) is 0 Å². The summed E-state index contributed by atoms with van der Waals surface area (Å²) in [4.78, 5) is 0. The van der Waals surface area contributed by atoms with Crippen molar-refractivity contribution in [3.63, 3.8) is 0 Å². The number of ether oxygens (including phenoxy) is 4. The van der Waals surface area contributed by atoms with Crippen LogP contribution in [0.5, 0.6) is 23.0 Å². The molecule has 27 heavy (non-hydrogen) atoms. The molecule has 2 aromatic rings. The number of benzene rings is 2. The predicted molar refractivity (Wildman–Crippen MR) is 109 cm³/mol. The summed E-state index contributed by atoms with van der Waals surface area (Å²) in [7, 11) is 1.65. The van der Waals surface area contributed by atoms with E-state index in [9.17, 15) is 0 Å². The second-order valence-corrected chi connectivity index (χ2v) is 8.33. The summed E-state index contributed by atoms with van der Waals surface area (Å²) >= 11 is 3.62. The lowest BCUT2D eigenvalue weighted by atomic mass is 10.1. The van der Waals surface area contributed by atoms with Gasteiger partial charge in [0.2, 0.25) is 0 Å². The molecule has 0 atom stereocenters. The zero-order valence-corrected chi connectivity index (χ0v) is 17.8. The Balaban J connectivity index is 1.72. The maximum atomic E-state index is 6.05. The van der Waals surface area contributed by atoms with Gasteiger partial charge in [0, 0.05) is 12.1 Å².